The number of hydrogen-bond acceptors (Lipinski definition) is 3. The Morgan fingerprint density at radius 3 is 2.17 bits per heavy atom. The highest BCUT2D eigenvalue weighted by atomic mass is 16.6. The van der Waals surface area contributed by atoms with E-state index in [9.17, 15) is 9.59 Å². The van der Waals surface area contributed by atoms with Crippen LogP contribution in [0.2, 0.25) is 0 Å². The van der Waals surface area contributed by atoms with Crippen LogP contribution in [0.15, 0.2) is 0 Å². The monoisotopic (exact) mass is 337 g/mol. The summed E-state index contributed by atoms with van der Waals surface area (Å²) in [5.74, 6) is 0. The molecule has 3 rings (SSSR count). The summed E-state index contributed by atoms with van der Waals surface area (Å²) in [5, 5.41) is 0. The molecule has 136 valence electrons. The third-order valence-corrected chi connectivity index (χ3v) is 5.33. The maximum Gasteiger partial charge on any atom is 0.410 e. The molecule has 2 aliphatic heterocycles. The number of rotatable bonds is 2. The van der Waals surface area contributed by atoms with Gasteiger partial charge in [-0.1, -0.05) is 12.8 Å². The molecule has 1 aliphatic carbocycles. The van der Waals surface area contributed by atoms with Crippen molar-refractivity contribution in [3.63, 3.8) is 0 Å². The second-order valence-electron chi connectivity index (χ2n) is 8.33. The van der Waals surface area contributed by atoms with E-state index in [0.717, 1.165) is 45.3 Å². The van der Waals surface area contributed by atoms with E-state index in [2.05, 4.69) is 4.90 Å². The Morgan fingerprint density at radius 2 is 1.54 bits per heavy atom. The summed E-state index contributed by atoms with van der Waals surface area (Å²) in [6, 6.07) is 0.746. The van der Waals surface area contributed by atoms with Crippen molar-refractivity contribution in [3.8, 4) is 0 Å². The van der Waals surface area contributed by atoms with Crippen LogP contribution in [0.25, 0.3) is 0 Å². The van der Waals surface area contributed by atoms with Crippen molar-refractivity contribution in [2.24, 2.45) is 0 Å². The lowest BCUT2D eigenvalue weighted by molar-refractivity contribution is 0.0141. The van der Waals surface area contributed by atoms with Gasteiger partial charge in [-0.3, -0.25) is 0 Å². The fourth-order valence-electron chi connectivity index (χ4n) is 4.17. The average Bonchev–Trinajstić information content (AvgIpc) is 3.15. The quantitative estimate of drug-likeness (QED) is 0.778. The van der Waals surface area contributed by atoms with Gasteiger partial charge in [0.15, 0.2) is 0 Å². The SMILES string of the molecule is CC(C)(C)OC(=O)N1CCCC(N2CCN(C3CCCC3)C2=O)C1. The Bertz CT molecular complexity index is 482. The van der Waals surface area contributed by atoms with Crippen molar-refractivity contribution >= 4 is 12.1 Å². The predicted octanol–water partition coefficient (Wildman–Crippen LogP) is 3.07. The molecule has 6 heteroatoms. The van der Waals surface area contributed by atoms with Crippen molar-refractivity contribution in [1.82, 2.24) is 14.7 Å². The molecule has 2 saturated heterocycles. The van der Waals surface area contributed by atoms with Crippen LogP contribution in [0.4, 0.5) is 9.59 Å². The normalized spacial score (nSPS) is 26.4. The minimum Gasteiger partial charge on any atom is -0.444 e. The zero-order valence-corrected chi connectivity index (χ0v) is 15.3. The Labute approximate surface area is 145 Å². The van der Waals surface area contributed by atoms with Gasteiger partial charge in [0.1, 0.15) is 5.60 Å². The third kappa shape index (κ3) is 3.78. The molecule has 0 N–H and O–H groups in total. The molecule has 3 fully saturated rings. The Kier molecular flexibility index (Phi) is 4.92. The summed E-state index contributed by atoms with van der Waals surface area (Å²) in [6.07, 6.45) is 6.42. The van der Waals surface area contributed by atoms with Gasteiger partial charge in [0.05, 0.1) is 6.04 Å². The molecule has 1 saturated carbocycles. The number of hydrogen-bond donors (Lipinski definition) is 0. The van der Waals surface area contributed by atoms with Crippen molar-refractivity contribution < 1.29 is 14.3 Å². The Morgan fingerprint density at radius 1 is 0.958 bits per heavy atom. The highest BCUT2D eigenvalue weighted by Crippen LogP contribution is 2.29. The fourth-order valence-corrected chi connectivity index (χ4v) is 4.17. The molecule has 3 amide bonds. The van der Waals surface area contributed by atoms with E-state index in [1.807, 2.05) is 25.7 Å². The zero-order valence-electron chi connectivity index (χ0n) is 15.3. The maximum atomic E-state index is 12.8. The van der Waals surface area contributed by atoms with E-state index in [1.165, 1.54) is 12.8 Å². The summed E-state index contributed by atoms with van der Waals surface area (Å²) in [6.45, 7) is 8.61. The summed E-state index contributed by atoms with van der Waals surface area (Å²) in [5.41, 5.74) is -0.479. The van der Waals surface area contributed by atoms with Crippen molar-refractivity contribution in [2.75, 3.05) is 26.2 Å². The lowest BCUT2D eigenvalue weighted by atomic mass is 10.0. The molecule has 0 aromatic carbocycles. The number of ether oxygens (including phenoxy) is 1. The topological polar surface area (TPSA) is 53.1 Å². The second kappa shape index (κ2) is 6.81. The summed E-state index contributed by atoms with van der Waals surface area (Å²) >= 11 is 0. The Hall–Kier alpha value is -1.46. The van der Waals surface area contributed by atoms with Crippen LogP contribution in [-0.4, -0.2) is 70.7 Å². The largest absolute Gasteiger partial charge is 0.444 e. The smallest absolute Gasteiger partial charge is 0.410 e. The van der Waals surface area contributed by atoms with E-state index in [0.29, 0.717) is 12.6 Å². The molecule has 0 bridgehead atoms. The van der Waals surface area contributed by atoms with Crippen LogP contribution in [0.5, 0.6) is 0 Å². The van der Waals surface area contributed by atoms with Crippen molar-refractivity contribution in [2.45, 2.75) is 77.0 Å². The first kappa shape index (κ1) is 17.4. The molecule has 0 radical (unpaired) electrons. The van der Waals surface area contributed by atoms with Crippen LogP contribution in [0, 0.1) is 0 Å². The minimum atomic E-state index is -0.479. The van der Waals surface area contributed by atoms with Gasteiger partial charge in [-0.2, -0.15) is 0 Å². The number of carbonyl (C=O) groups excluding carboxylic acids is 2. The van der Waals surface area contributed by atoms with E-state index >= 15 is 0 Å². The molecule has 3 aliphatic rings. The van der Waals surface area contributed by atoms with E-state index < -0.39 is 5.60 Å². The van der Waals surface area contributed by atoms with Crippen LogP contribution in [-0.2, 0) is 4.74 Å². The van der Waals surface area contributed by atoms with Gasteiger partial charge < -0.3 is 19.4 Å². The van der Waals surface area contributed by atoms with Crippen LogP contribution < -0.4 is 0 Å². The maximum absolute atomic E-state index is 12.8. The van der Waals surface area contributed by atoms with Crippen molar-refractivity contribution in [1.29, 1.82) is 0 Å². The summed E-state index contributed by atoms with van der Waals surface area (Å²) in [7, 11) is 0. The number of nitrogens with zero attached hydrogens (tertiary/aromatic N) is 3. The molecule has 0 aromatic rings. The fraction of sp³-hybridized carbons (Fsp3) is 0.889. The molecular formula is C18H31N3O3. The molecule has 1 atom stereocenters. The number of carbonyl (C=O) groups is 2. The molecule has 0 spiro atoms. The molecule has 6 nitrogen and oxygen atoms in total. The van der Waals surface area contributed by atoms with Crippen LogP contribution in [0.3, 0.4) is 0 Å². The standard InChI is InChI=1S/C18H31N3O3/c1-18(2,3)24-17(23)19-10-6-9-15(13-19)21-12-11-20(16(21)22)14-7-4-5-8-14/h14-15H,4-13H2,1-3H3. The number of likely N-dealkylation sites (tertiary alicyclic amines) is 1. The first-order chi connectivity index (χ1) is 11.3. The van der Waals surface area contributed by atoms with Crippen LogP contribution >= 0.6 is 0 Å². The second-order valence-corrected chi connectivity index (χ2v) is 8.33. The van der Waals surface area contributed by atoms with Crippen molar-refractivity contribution in [3.05, 3.63) is 0 Å². The highest BCUT2D eigenvalue weighted by Gasteiger charge is 2.40. The zero-order chi connectivity index (χ0) is 17.3. The van der Waals surface area contributed by atoms with Gasteiger partial charge in [0.25, 0.3) is 0 Å². The predicted molar refractivity (Wildman–Crippen MR) is 91.9 cm³/mol. The average molecular weight is 337 g/mol. The Balaban J connectivity index is 1.58. The minimum absolute atomic E-state index is 0.130. The molecular weight excluding hydrogens is 306 g/mol. The van der Waals surface area contributed by atoms with Gasteiger partial charge in [-0.05, 0) is 46.5 Å². The molecule has 24 heavy (non-hydrogen) atoms. The van der Waals surface area contributed by atoms with E-state index in [1.54, 1.807) is 4.90 Å². The first-order valence-corrected chi connectivity index (χ1v) is 9.40. The highest BCUT2D eigenvalue weighted by molar-refractivity contribution is 5.77. The summed E-state index contributed by atoms with van der Waals surface area (Å²) in [4.78, 5) is 31.0. The van der Waals surface area contributed by atoms with E-state index in [4.69, 9.17) is 4.74 Å². The first-order valence-electron chi connectivity index (χ1n) is 9.40. The van der Waals surface area contributed by atoms with Gasteiger partial charge in [-0.15, -0.1) is 0 Å². The number of urea groups is 1. The van der Waals surface area contributed by atoms with E-state index in [-0.39, 0.29) is 18.2 Å². The number of amides is 3. The van der Waals surface area contributed by atoms with Gasteiger partial charge in [0.2, 0.25) is 0 Å². The molecule has 0 aromatic heterocycles. The lowest BCUT2D eigenvalue weighted by Gasteiger charge is -2.38. The molecule has 2 heterocycles. The lowest BCUT2D eigenvalue weighted by Crippen LogP contribution is -2.52. The van der Waals surface area contributed by atoms with Gasteiger partial charge >= 0.3 is 12.1 Å². The van der Waals surface area contributed by atoms with Crippen LogP contribution in [0.1, 0.15) is 59.3 Å². The molecule has 1 unspecified atom stereocenters. The number of piperidine rings is 1. The van der Waals surface area contributed by atoms with Gasteiger partial charge in [-0.25, -0.2) is 9.59 Å². The van der Waals surface area contributed by atoms with Gasteiger partial charge in [0, 0.05) is 32.2 Å². The third-order valence-electron chi connectivity index (χ3n) is 5.33. The summed E-state index contributed by atoms with van der Waals surface area (Å²) < 4.78 is 5.49.